The first kappa shape index (κ1) is 20.5. The second kappa shape index (κ2) is 9.33. The molecule has 0 aliphatic heterocycles. The summed E-state index contributed by atoms with van der Waals surface area (Å²) >= 11 is 0. The topological polar surface area (TPSA) is 111 Å². The number of anilines is 2. The Balaban J connectivity index is 1.68. The van der Waals surface area contributed by atoms with Crippen LogP contribution in [0, 0.1) is 10.1 Å². The lowest BCUT2D eigenvalue weighted by Gasteiger charge is -2.12. The molecular weight excluding hydrogens is 386 g/mol. The van der Waals surface area contributed by atoms with Crippen LogP contribution in [0.5, 0.6) is 5.75 Å². The molecule has 3 aromatic rings. The zero-order valence-corrected chi connectivity index (χ0v) is 16.1. The molecule has 8 heteroatoms. The van der Waals surface area contributed by atoms with Gasteiger partial charge in [0.15, 0.2) is 0 Å². The lowest BCUT2D eigenvalue weighted by Crippen LogP contribution is -2.19. The smallest absolute Gasteiger partial charge is 0.269 e. The highest BCUT2D eigenvalue weighted by Crippen LogP contribution is 2.20. The van der Waals surface area contributed by atoms with Crippen LogP contribution in [0.4, 0.5) is 17.1 Å². The van der Waals surface area contributed by atoms with E-state index in [-0.39, 0.29) is 23.9 Å². The number of methoxy groups -OCH3 is 1. The number of carbonyl (C=O) groups excluding carboxylic acids is 2. The predicted octanol–water partition coefficient (Wildman–Crippen LogP) is 4.04. The van der Waals surface area contributed by atoms with Crippen LogP contribution >= 0.6 is 0 Å². The number of carbonyl (C=O) groups is 2. The van der Waals surface area contributed by atoms with E-state index in [1.54, 1.807) is 55.6 Å². The molecule has 0 aromatic heterocycles. The molecule has 0 heterocycles. The van der Waals surface area contributed by atoms with Gasteiger partial charge < -0.3 is 15.4 Å². The number of ether oxygens (including phenoxy) is 1. The molecule has 2 amide bonds. The molecule has 0 fully saturated rings. The molecule has 0 atom stereocenters. The van der Waals surface area contributed by atoms with Crippen LogP contribution in [0.15, 0.2) is 72.8 Å². The molecule has 30 heavy (non-hydrogen) atoms. The highest BCUT2D eigenvalue weighted by molar-refractivity contribution is 6.10. The van der Waals surface area contributed by atoms with E-state index in [2.05, 4.69) is 10.6 Å². The molecule has 0 aliphatic carbocycles. The molecule has 2 N–H and O–H groups in total. The van der Waals surface area contributed by atoms with Crippen molar-refractivity contribution in [2.75, 3.05) is 17.7 Å². The first-order chi connectivity index (χ1) is 14.5. The number of hydrogen-bond acceptors (Lipinski definition) is 5. The van der Waals surface area contributed by atoms with Crippen LogP contribution in [-0.4, -0.2) is 23.8 Å². The number of non-ortho nitro benzene ring substituents is 1. The summed E-state index contributed by atoms with van der Waals surface area (Å²) in [7, 11) is 1.56. The number of nitro benzene ring substituents is 1. The highest BCUT2D eigenvalue weighted by Gasteiger charge is 2.14. The summed E-state index contributed by atoms with van der Waals surface area (Å²) in [4.78, 5) is 35.3. The van der Waals surface area contributed by atoms with E-state index in [9.17, 15) is 19.7 Å². The number of nitro groups is 1. The molecule has 3 rings (SSSR count). The fraction of sp³-hybridized carbons (Fsp3) is 0.0909. The third-order valence-corrected chi connectivity index (χ3v) is 4.31. The molecular formula is C22H19N3O5. The van der Waals surface area contributed by atoms with Gasteiger partial charge in [0.05, 0.1) is 29.7 Å². The van der Waals surface area contributed by atoms with Crippen molar-refractivity contribution in [3.63, 3.8) is 0 Å². The van der Waals surface area contributed by atoms with Crippen LogP contribution in [-0.2, 0) is 11.2 Å². The molecule has 3 aromatic carbocycles. The molecule has 0 radical (unpaired) electrons. The summed E-state index contributed by atoms with van der Waals surface area (Å²) in [5, 5.41) is 16.2. The van der Waals surface area contributed by atoms with Gasteiger partial charge in [0.2, 0.25) is 5.91 Å². The SMILES string of the molecule is COc1ccc(NC(=O)c2ccccc2NC(=O)Cc2ccc([N+](=O)[O-])cc2)cc1. The maximum absolute atomic E-state index is 12.7. The Labute approximate surface area is 172 Å². The second-order valence-corrected chi connectivity index (χ2v) is 6.38. The van der Waals surface area contributed by atoms with Crippen LogP contribution < -0.4 is 15.4 Å². The van der Waals surface area contributed by atoms with Crippen molar-refractivity contribution in [2.45, 2.75) is 6.42 Å². The van der Waals surface area contributed by atoms with E-state index in [0.717, 1.165) is 0 Å². The Morgan fingerprint density at radius 1 is 0.933 bits per heavy atom. The van der Waals surface area contributed by atoms with Gasteiger partial charge in [-0.3, -0.25) is 19.7 Å². The van der Waals surface area contributed by atoms with Gasteiger partial charge in [0, 0.05) is 17.8 Å². The summed E-state index contributed by atoms with van der Waals surface area (Å²) in [6.45, 7) is 0. The Morgan fingerprint density at radius 3 is 2.23 bits per heavy atom. The molecule has 0 saturated heterocycles. The van der Waals surface area contributed by atoms with Gasteiger partial charge in [-0.1, -0.05) is 24.3 Å². The van der Waals surface area contributed by atoms with E-state index >= 15 is 0 Å². The molecule has 0 saturated carbocycles. The first-order valence-electron chi connectivity index (χ1n) is 9.04. The van der Waals surface area contributed by atoms with Gasteiger partial charge in [-0.2, -0.15) is 0 Å². The average Bonchev–Trinajstić information content (AvgIpc) is 2.75. The van der Waals surface area contributed by atoms with Crippen molar-refractivity contribution in [2.24, 2.45) is 0 Å². The number of rotatable bonds is 7. The van der Waals surface area contributed by atoms with Gasteiger partial charge >= 0.3 is 0 Å². The standard InChI is InChI=1S/C22H19N3O5/c1-30-18-12-8-16(9-13-18)23-22(27)19-4-2-3-5-20(19)24-21(26)14-15-6-10-17(11-7-15)25(28)29/h2-13H,14H2,1H3,(H,23,27)(H,24,26). The largest absolute Gasteiger partial charge is 0.497 e. The number of hydrogen-bond donors (Lipinski definition) is 2. The normalized spacial score (nSPS) is 10.2. The number of para-hydroxylation sites is 1. The fourth-order valence-electron chi connectivity index (χ4n) is 2.78. The summed E-state index contributed by atoms with van der Waals surface area (Å²) in [5.41, 5.74) is 1.85. The van der Waals surface area contributed by atoms with Gasteiger partial charge in [0.25, 0.3) is 11.6 Å². The minimum atomic E-state index is -0.498. The molecule has 0 aliphatic rings. The van der Waals surface area contributed by atoms with Gasteiger partial charge in [-0.15, -0.1) is 0 Å². The van der Waals surface area contributed by atoms with Crippen LogP contribution in [0.25, 0.3) is 0 Å². The lowest BCUT2D eigenvalue weighted by atomic mass is 10.1. The third kappa shape index (κ3) is 5.20. The van der Waals surface area contributed by atoms with E-state index in [1.807, 2.05) is 0 Å². The predicted molar refractivity (Wildman–Crippen MR) is 113 cm³/mol. The fourth-order valence-corrected chi connectivity index (χ4v) is 2.78. The van der Waals surface area contributed by atoms with Crippen molar-refractivity contribution >= 4 is 28.9 Å². The third-order valence-electron chi connectivity index (χ3n) is 4.31. The molecule has 0 spiro atoms. The highest BCUT2D eigenvalue weighted by atomic mass is 16.6. The van der Waals surface area contributed by atoms with Crippen LogP contribution in [0.1, 0.15) is 15.9 Å². The number of nitrogens with zero attached hydrogens (tertiary/aromatic N) is 1. The average molecular weight is 405 g/mol. The molecule has 8 nitrogen and oxygen atoms in total. The van der Waals surface area contributed by atoms with Gasteiger partial charge in [-0.05, 0) is 42.0 Å². The summed E-state index contributed by atoms with van der Waals surface area (Å²) < 4.78 is 5.10. The summed E-state index contributed by atoms with van der Waals surface area (Å²) in [5.74, 6) is -0.0353. The quantitative estimate of drug-likeness (QED) is 0.455. The van der Waals surface area contributed by atoms with Gasteiger partial charge in [-0.25, -0.2) is 0 Å². The van der Waals surface area contributed by atoms with E-state index < -0.39 is 4.92 Å². The van der Waals surface area contributed by atoms with Crippen LogP contribution in [0.2, 0.25) is 0 Å². The van der Waals surface area contributed by atoms with Gasteiger partial charge in [0.1, 0.15) is 5.75 Å². The monoisotopic (exact) mass is 405 g/mol. The van der Waals surface area contributed by atoms with Crippen LogP contribution in [0.3, 0.4) is 0 Å². The maximum atomic E-state index is 12.7. The van der Waals surface area contributed by atoms with E-state index in [1.165, 1.54) is 24.3 Å². The minimum Gasteiger partial charge on any atom is -0.497 e. The summed E-state index contributed by atoms with van der Waals surface area (Å²) in [6.07, 6.45) is 0.0203. The number of amides is 2. The van der Waals surface area contributed by atoms with E-state index in [4.69, 9.17) is 4.74 Å². The first-order valence-corrected chi connectivity index (χ1v) is 9.04. The lowest BCUT2D eigenvalue weighted by molar-refractivity contribution is -0.384. The molecule has 0 unspecified atom stereocenters. The van der Waals surface area contributed by atoms with Crippen molar-refractivity contribution in [3.8, 4) is 5.75 Å². The Bertz CT molecular complexity index is 1060. The van der Waals surface area contributed by atoms with Crippen molar-refractivity contribution < 1.29 is 19.2 Å². The maximum Gasteiger partial charge on any atom is 0.269 e. The second-order valence-electron chi connectivity index (χ2n) is 6.38. The molecule has 0 bridgehead atoms. The Hall–Kier alpha value is -4.20. The number of benzene rings is 3. The zero-order chi connectivity index (χ0) is 21.5. The van der Waals surface area contributed by atoms with Crippen molar-refractivity contribution in [1.29, 1.82) is 0 Å². The summed E-state index contributed by atoms with van der Waals surface area (Å²) in [6, 6.07) is 19.3. The number of nitrogens with one attached hydrogen (secondary N) is 2. The Morgan fingerprint density at radius 2 is 1.60 bits per heavy atom. The molecule has 152 valence electrons. The Kier molecular flexibility index (Phi) is 6.39. The zero-order valence-electron chi connectivity index (χ0n) is 16.1. The van der Waals surface area contributed by atoms with Crippen molar-refractivity contribution in [1.82, 2.24) is 0 Å². The van der Waals surface area contributed by atoms with Crippen molar-refractivity contribution in [3.05, 3.63) is 94.0 Å². The van der Waals surface area contributed by atoms with E-state index in [0.29, 0.717) is 28.3 Å². The minimum absolute atomic E-state index is 0.0203.